The fraction of sp³-hybridized carbons (Fsp3) is 0.389. The van der Waals surface area contributed by atoms with Crippen molar-refractivity contribution in [1.82, 2.24) is 5.32 Å². The van der Waals surface area contributed by atoms with E-state index >= 15 is 0 Å². The lowest BCUT2D eigenvalue weighted by atomic mass is 9.74. The van der Waals surface area contributed by atoms with Gasteiger partial charge in [0.1, 0.15) is 10.0 Å². The Kier molecular flexibility index (Phi) is 5.95. The molecule has 146 valence electrons. The van der Waals surface area contributed by atoms with Gasteiger partial charge in [-0.3, -0.25) is 4.79 Å². The number of sulfonamides is 1. The first kappa shape index (κ1) is 19.9. The Balaban J connectivity index is 1.72. The summed E-state index contributed by atoms with van der Waals surface area (Å²) in [5, 5.41) is 8.01. The van der Waals surface area contributed by atoms with Crippen LogP contribution in [-0.4, -0.2) is 27.5 Å². The molecule has 9 heteroatoms. The highest BCUT2D eigenvalue weighted by Crippen LogP contribution is 2.35. The largest absolute Gasteiger partial charge is 0.381 e. The van der Waals surface area contributed by atoms with Crippen molar-refractivity contribution in [2.24, 2.45) is 10.6 Å². The SMILES string of the molecule is NS(=O)(=O)c1ccc(CNC(=O)C2(Cc3cccc(F)c3)CCOCC2)s1. The maximum Gasteiger partial charge on any atom is 0.247 e. The molecular formula is C18H21FN2O4S2. The van der Waals surface area contributed by atoms with E-state index in [4.69, 9.17) is 9.88 Å². The smallest absolute Gasteiger partial charge is 0.247 e. The molecule has 6 nitrogen and oxygen atoms in total. The minimum Gasteiger partial charge on any atom is -0.381 e. The van der Waals surface area contributed by atoms with Crippen molar-refractivity contribution < 1.29 is 22.3 Å². The zero-order valence-corrected chi connectivity index (χ0v) is 16.2. The number of amides is 1. The predicted octanol–water partition coefficient (Wildman–Crippen LogP) is 2.19. The molecule has 2 heterocycles. The summed E-state index contributed by atoms with van der Waals surface area (Å²) in [6.07, 6.45) is 1.51. The summed E-state index contributed by atoms with van der Waals surface area (Å²) in [6.45, 7) is 1.15. The monoisotopic (exact) mass is 412 g/mol. The van der Waals surface area contributed by atoms with Crippen molar-refractivity contribution in [1.29, 1.82) is 0 Å². The van der Waals surface area contributed by atoms with Crippen molar-refractivity contribution in [2.45, 2.75) is 30.0 Å². The van der Waals surface area contributed by atoms with Gasteiger partial charge >= 0.3 is 0 Å². The molecule has 0 radical (unpaired) electrons. The molecular weight excluding hydrogens is 391 g/mol. The van der Waals surface area contributed by atoms with Gasteiger partial charge in [0.05, 0.1) is 12.0 Å². The number of hydrogen-bond acceptors (Lipinski definition) is 5. The predicted molar refractivity (Wildman–Crippen MR) is 100 cm³/mol. The number of rotatable bonds is 6. The lowest BCUT2D eigenvalue weighted by Crippen LogP contribution is -2.45. The molecule has 0 bridgehead atoms. The molecule has 27 heavy (non-hydrogen) atoms. The number of halogens is 1. The van der Waals surface area contributed by atoms with Crippen LogP contribution in [0.1, 0.15) is 23.3 Å². The van der Waals surface area contributed by atoms with Crippen LogP contribution in [0.4, 0.5) is 4.39 Å². The Labute approximate surface area is 161 Å². The molecule has 0 aliphatic carbocycles. The fourth-order valence-corrected chi connectivity index (χ4v) is 4.96. The van der Waals surface area contributed by atoms with Crippen molar-refractivity contribution >= 4 is 27.3 Å². The van der Waals surface area contributed by atoms with E-state index in [9.17, 15) is 17.6 Å². The molecule has 1 aromatic heterocycles. The zero-order chi connectivity index (χ0) is 19.5. The van der Waals surface area contributed by atoms with Crippen molar-refractivity contribution in [3.63, 3.8) is 0 Å². The Morgan fingerprint density at radius 1 is 1.26 bits per heavy atom. The van der Waals surface area contributed by atoms with Gasteiger partial charge in [-0.05, 0) is 49.1 Å². The summed E-state index contributed by atoms with van der Waals surface area (Å²) in [5.74, 6) is -0.468. The number of nitrogens with two attached hydrogens (primary N) is 1. The highest BCUT2D eigenvalue weighted by Gasteiger charge is 2.40. The first-order chi connectivity index (χ1) is 12.8. The van der Waals surface area contributed by atoms with Gasteiger partial charge in [0.15, 0.2) is 0 Å². The van der Waals surface area contributed by atoms with Gasteiger partial charge in [-0.1, -0.05) is 12.1 Å². The lowest BCUT2D eigenvalue weighted by molar-refractivity contribution is -0.136. The Hall–Kier alpha value is -1.81. The first-order valence-electron chi connectivity index (χ1n) is 8.51. The maximum absolute atomic E-state index is 13.5. The van der Waals surface area contributed by atoms with Gasteiger partial charge in [-0.2, -0.15) is 0 Å². The number of carbonyl (C=O) groups excluding carboxylic acids is 1. The van der Waals surface area contributed by atoms with Crippen LogP contribution in [-0.2, 0) is 32.5 Å². The second kappa shape index (κ2) is 8.05. The normalized spacial score (nSPS) is 16.8. The third-order valence-electron chi connectivity index (χ3n) is 4.70. The van der Waals surface area contributed by atoms with Crippen molar-refractivity contribution in [3.05, 3.63) is 52.7 Å². The quantitative estimate of drug-likeness (QED) is 0.760. The molecule has 2 aromatic rings. The number of thiophene rings is 1. The molecule has 3 N–H and O–H groups in total. The fourth-order valence-electron chi connectivity index (χ4n) is 3.24. The Morgan fingerprint density at radius 2 is 2.00 bits per heavy atom. The molecule has 1 amide bonds. The summed E-state index contributed by atoms with van der Waals surface area (Å²) >= 11 is 1.03. The van der Waals surface area contributed by atoms with Gasteiger partial charge in [0.25, 0.3) is 0 Å². The lowest BCUT2D eigenvalue weighted by Gasteiger charge is -2.36. The third-order valence-corrected chi connectivity index (χ3v) is 7.23. The topological polar surface area (TPSA) is 98.5 Å². The van der Waals surface area contributed by atoms with Crippen LogP contribution >= 0.6 is 11.3 Å². The number of benzene rings is 1. The van der Waals surface area contributed by atoms with Crippen LogP contribution in [0.15, 0.2) is 40.6 Å². The Morgan fingerprint density at radius 3 is 2.63 bits per heavy atom. The van der Waals surface area contributed by atoms with Crippen molar-refractivity contribution in [3.8, 4) is 0 Å². The van der Waals surface area contributed by atoms with E-state index in [0.29, 0.717) is 37.4 Å². The molecule has 1 fully saturated rings. The molecule has 1 saturated heterocycles. The molecule has 0 saturated carbocycles. The average molecular weight is 413 g/mol. The highest BCUT2D eigenvalue weighted by molar-refractivity contribution is 7.91. The summed E-state index contributed by atoms with van der Waals surface area (Å²) in [5.41, 5.74) is 0.0891. The van der Waals surface area contributed by atoms with Crippen LogP contribution in [0.2, 0.25) is 0 Å². The maximum atomic E-state index is 13.5. The molecule has 0 spiro atoms. The number of carbonyl (C=O) groups is 1. The van der Waals surface area contributed by atoms with Gasteiger partial charge in [0.2, 0.25) is 15.9 Å². The second-order valence-corrected chi connectivity index (χ2v) is 9.60. The standard InChI is InChI=1S/C18H21FN2O4S2/c19-14-3-1-2-13(10-14)11-18(6-8-25-9-7-18)17(22)21-12-15-4-5-16(26-15)27(20,23)24/h1-5,10H,6-9,11-12H2,(H,21,22)(H2,20,23,24). The van der Waals surface area contributed by atoms with E-state index in [1.54, 1.807) is 12.1 Å². The van der Waals surface area contributed by atoms with Crippen molar-refractivity contribution in [2.75, 3.05) is 13.2 Å². The summed E-state index contributed by atoms with van der Waals surface area (Å²) in [4.78, 5) is 13.7. The van der Waals surface area contributed by atoms with Gasteiger partial charge < -0.3 is 10.1 Å². The molecule has 1 aromatic carbocycles. The van der Waals surface area contributed by atoms with E-state index in [-0.39, 0.29) is 22.5 Å². The van der Waals surface area contributed by atoms with E-state index in [1.807, 2.05) is 6.07 Å². The number of ether oxygens (including phenoxy) is 1. The third kappa shape index (κ3) is 4.92. The number of primary sulfonamides is 1. The average Bonchev–Trinajstić information content (AvgIpc) is 3.10. The van der Waals surface area contributed by atoms with E-state index < -0.39 is 15.4 Å². The van der Waals surface area contributed by atoms with Crippen LogP contribution in [0.3, 0.4) is 0 Å². The molecule has 0 unspecified atom stereocenters. The molecule has 3 rings (SSSR count). The van der Waals surface area contributed by atoms with Crippen LogP contribution in [0.5, 0.6) is 0 Å². The summed E-state index contributed by atoms with van der Waals surface area (Å²) in [7, 11) is -3.74. The minimum absolute atomic E-state index is 0.0623. The van der Waals surface area contributed by atoms with Gasteiger partial charge in [-0.25, -0.2) is 17.9 Å². The van der Waals surface area contributed by atoms with Gasteiger partial charge in [0, 0.05) is 18.1 Å². The number of hydrogen-bond donors (Lipinski definition) is 2. The summed E-state index contributed by atoms with van der Waals surface area (Å²) in [6, 6.07) is 9.33. The van der Waals surface area contributed by atoms with E-state index in [2.05, 4.69) is 5.32 Å². The highest BCUT2D eigenvalue weighted by atomic mass is 32.2. The van der Waals surface area contributed by atoms with Gasteiger partial charge in [-0.15, -0.1) is 11.3 Å². The second-order valence-electron chi connectivity index (χ2n) is 6.65. The molecule has 0 atom stereocenters. The van der Waals surface area contributed by atoms with E-state index in [0.717, 1.165) is 16.9 Å². The molecule has 1 aliphatic heterocycles. The van der Waals surface area contributed by atoms with E-state index in [1.165, 1.54) is 18.2 Å². The summed E-state index contributed by atoms with van der Waals surface area (Å²) < 4.78 is 41.7. The van der Waals surface area contributed by atoms with Crippen LogP contribution < -0.4 is 10.5 Å². The molecule has 1 aliphatic rings. The van der Waals surface area contributed by atoms with Crippen LogP contribution in [0, 0.1) is 11.2 Å². The Bertz CT molecular complexity index is 921. The first-order valence-corrected chi connectivity index (χ1v) is 10.9. The number of nitrogens with one attached hydrogen (secondary N) is 1. The minimum atomic E-state index is -3.74. The van der Waals surface area contributed by atoms with Crippen LogP contribution in [0.25, 0.3) is 0 Å². The zero-order valence-electron chi connectivity index (χ0n) is 14.6.